The van der Waals surface area contributed by atoms with E-state index in [4.69, 9.17) is 5.73 Å². The van der Waals surface area contributed by atoms with E-state index in [1.807, 2.05) is 0 Å². The standard InChI is InChI=1S/C8H14N.Rh/c9-8-4-1-7(2-5-8)3-6-8;/h1-6,9H2;. The third kappa shape index (κ3) is 1.06. The van der Waals surface area contributed by atoms with Crippen LogP contribution in [0.5, 0.6) is 0 Å². The van der Waals surface area contributed by atoms with Gasteiger partial charge in [-0.25, -0.2) is 0 Å². The van der Waals surface area contributed by atoms with Gasteiger partial charge in [-0.15, -0.1) is 0 Å². The molecule has 0 aliphatic heterocycles. The summed E-state index contributed by atoms with van der Waals surface area (Å²) in [7, 11) is 0. The summed E-state index contributed by atoms with van der Waals surface area (Å²) < 4.78 is 0.572. The van der Waals surface area contributed by atoms with Crippen molar-refractivity contribution in [1.82, 2.24) is 0 Å². The van der Waals surface area contributed by atoms with Gasteiger partial charge in [0.15, 0.2) is 0 Å². The summed E-state index contributed by atoms with van der Waals surface area (Å²) in [4.78, 5) is 0. The molecule has 0 heterocycles. The summed E-state index contributed by atoms with van der Waals surface area (Å²) in [6.45, 7) is 0. The van der Waals surface area contributed by atoms with Crippen molar-refractivity contribution >= 4 is 0 Å². The van der Waals surface area contributed by atoms with Gasteiger partial charge in [-0.1, -0.05) is 0 Å². The quantitative estimate of drug-likeness (QED) is 0.627. The van der Waals surface area contributed by atoms with Crippen LogP contribution in [0.4, 0.5) is 0 Å². The zero-order valence-electron chi connectivity index (χ0n) is 6.15. The van der Waals surface area contributed by atoms with Gasteiger partial charge in [-0.3, -0.25) is 0 Å². The summed E-state index contributed by atoms with van der Waals surface area (Å²) >= 11 is 3.23. The van der Waals surface area contributed by atoms with Crippen LogP contribution in [0, 0.1) is 0 Å². The summed E-state index contributed by atoms with van der Waals surface area (Å²) in [5.74, 6) is 0. The third-order valence-corrected chi connectivity index (χ3v) is 4.41. The van der Waals surface area contributed by atoms with Crippen molar-refractivity contribution in [2.24, 2.45) is 5.73 Å². The van der Waals surface area contributed by atoms with Crippen molar-refractivity contribution < 1.29 is 18.3 Å². The zero-order valence-corrected chi connectivity index (χ0v) is 7.79. The van der Waals surface area contributed by atoms with Crippen LogP contribution in [0.3, 0.4) is 0 Å². The Kier molecular flexibility index (Phi) is 1.48. The first-order chi connectivity index (χ1) is 4.62. The first-order valence-electron chi connectivity index (χ1n) is 4.08. The number of nitrogens with two attached hydrogens (primary N) is 1. The Bertz CT molecular complexity index is 113. The fraction of sp³-hybridized carbons (Fsp3) is 1.00. The minimum absolute atomic E-state index is 0.244. The maximum atomic E-state index is 6.14. The number of hydrogen-bond acceptors (Lipinski definition) is 1. The molecule has 0 amide bonds. The topological polar surface area (TPSA) is 26.0 Å². The van der Waals surface area contributed by atoms with E-state index in [0.717, 1.165) is 0 Å². The van der Waals surface area contributed by atoms with E-state index in [-0.39, 0.29) is 5.54 Å². The molecule has 2 N–H and O–H groups in total. The molecule has 3 aliphatic carbocycles. The van der Waals surface area contributed by atoms with E-state index >= 15 is 0 Å². The molecule has 0 radical (unpaired) electrons. The number of fused-ring (bicyclic) bond motifs is 3. The van der Waals surface area contributed by atoms with Crippen molar-refractivity contribution in [1.29, 1.82) is 0 Å². The normalized spacial score (nSPS) is 53.5. The van der Waals surface area contributed by atoms with Crippen molar-refractivity contribution in [3.8, 4) is 0 Å². The van der Waals surface area contributed by atoms with Gasteiger partial charge >= 0.3 is 72.1 Å². The van der Waals surface area contributed by atoms with Gasteiger partial charge < -0.3 is 0 Å². The fourth-order valence-electron chi connectivity index (χ4n) is 2.15. The molecule has 0 unspecified atom stereocenters. The molecule has 10 heavy (non-hydrogen) atoms. The van der Waals surface area contributed by atoms with Gasteiger partial charge in [0.05, 0.1) is 0 Å². The summed E-state index contributed by atoms with van der Waals surface area (Å²) in [5, 5.41) is 0. The van der Waals surface area contributed by atoms with Crippen molar-refractivity contribution in [3.63, 3.8) is 0 Å². The molecule has 2 bridgehead atoms. The second-order valence-corrected chi connectivity index (χ2v) is 5.70. The Balaban J connectivity index is 2.16. The van der Waals surface area contributed by atoms with Crippen molar-refractivity contribution in [3.05, 3.63) is 0 Å². The summed E-state index contributed by atoms with van der Waals surface area (Å²) in [6, 6.07) is 0. The van der Waals surface area contributed by atoms with Crippen molar-refractivity contribution in [2.45, 2.75) is 48.1 Å². The van der Waals surface area contributed by atoms with E-state index in [1.54, 1.807) is 0 Å². The minimum atomic E-state index is 0.244. The molecule has 0 aromatic carbocycles. The Morgan fingerprint density at radius 1 is 0.900 bits per heavy atom. The van der Waals surface area contributed by atoms with Crippen LogP contribution in [-0.2, 0) is 18.3 Å². The van der Waals surface area contributed by atoms with Gasteiger partial charge in [0.1, 0.15) is 0 Å². The SMILES string of the molecule is NC12CC[C]([Rh])(CC1)CC2. The molecule has 0 atom stereocenters. The zero-order chi connectivity index (χ0) is 7.24. The number of hydrogen-bond donors (Lipinski definition) is 1. The van der Waals surface area contributed by atoms with Crippen LogP contribution in [0.1, 0.15) is 38.5 Å². The Hall–Kier alpha value is 0.583. The third-order valence-electron chi connectivity index (χ3n) is 3.18. The summed E-state index contributed by atoms with van der Waals surface area (Å²) in [5.41, 5.74) is 6.39. The monoisotopic (exact) mass is 227 g/mol. The van der Waals surface area contributed by atoms with Gasteiger partial charge in [-0.2, -0.15) is 0 Å². The molecule has 3 aliphatic rings. The van der Waals surface area contributed by atoms with Crippen LogP contribution in [0.25, 0.3) is 0 Å². The molecule has 2 heteroatoms. The van der Waals surface area contributed by atoms with Crippen LogP contribution in [-0.4, -0.2) is 5.54 Å². The Labute approximate surface area is 72.4 Å². The molecule has 0 spiro atoms. The van der Waals surface area contributed by atoms with Crippen LogP contribution in [0.2, 0.25) is 4.01 Å². The van der Waals surface area contributed by atoms with Crippen LogP contribution < -0.4 is 5.73 Å². The molecular weight excluding hydrogens is 213 g/mol. The fourth-order valence-corrected chi connectivity index (χ4v) is 2.77. The van der Waals surface area contributed by atoms with Crippen molar-refractivity contribution in [2.75, 3.05) is 0 Å². The van der Waals surface area contributed by atoms with E-state index in [2.05, 4.69) is 18.3 Å². The predicted molar refractivity (Wildman–Crippen MR) is 37.3 cm³/mol. The van der Waals surface area contributed by atoms with E-state index < -0.39 is 0 Å². The molecule has 1 nitrogen and oxygen atoms in total. The first-order valence-corrected chi connectivity index (χ1v) is 4.90. The number of rotatable bonds is 0. The first kappa shape index (κ1) is 7.24. The molecule has 3 rings (SSSR count). The van der Waals surface area contributed by atoms with Gasteiger partial charge in [0, 0.05) is 0 Å². The maximum absolute atomic E-state index is 6.14. The average Bonchev–Trinajstić information content (AvgIpc) is 1.93. The average molecular weight is 227 g/mol. The second kappa shape index (κ2) is 2.04. The Morgan fingerprint density at radius 3 is 1.60 bits per heavy atom. The van der Waals surface area contributed by atoms with E-state index in [9.17, 15) is 0 Å². The van der Waals surface area contributed by atoms with Gasteiger partial charge in [0.25, 0.3) is 0 Å². The molecule has 60 valence electrons. The van der Waals surface area contributed by atoms with Gasteiger partial charge in [-0.05, 0) is 0 Å². The molecule has 3 saturated carbocycles. The molecular formula is C8H14NRh. The second-order valence-electron chi connectivity index (χ2n) is 3.97. The van der Waals surface area contributed by atoms with E-state index in [0.29, 0.717) is 4.01 Å². The molecule has 3 fully saturated rings. The molecule has 0 aromatic heterocycles. The van der Waals surface area contributed by atoms with E-state index in [1.165, 1.54) is 38.5 Å². The molecule has 0 saturated heterocycles. The van der Waals surface area contributed by atoms with Crippen LogP contribution >= 0.6 is 0 Å². The van der Waals surface area contributed by atoms with Crippen LogP contribution in [0.15, 0.2) is 0 Å². The summed E-state index contributed by atoms with van der Waals surface area (Å²) in [6.07, 6.45) is 7.75. The predicted octanol–water partition coefficient (Wildman–Crippen LogP) is 1.76. The molecule has 0 aromatic rings. The van der Waals surface area contributed by atoms with Gasteiger partial charge in [0.2, 0.25) is 0 Å². The Morgan fingerprint density at radius 2 is 1.30 bits per heavy atom.